The van der Waals surface area contributed by atoms with Gasteiger partial charge in [0.1, 0.15) is 5.71 Å². The second-order valence-electron chi connectivity index (χ2n) is 4.07. The van der Waals surface area contributed by atoms with Crippen molar-refractivity contribution in [2.24, 2.45) is 5.10 Å². The first-order valence-electron chi connectivity index (χ1n) is 5.49. The predicted octanol–water partition coefficient (Wildman–Crippen LogP) is -0.764. The van der Waals surface area contributed by atoms with Crippen molar-refractivity contribution in [3.63, 3.8) is 0 Å². The Labute approximate surface area is 93.3 Å². The molecule has 6 heteroatoms. The molecule has 0 aromatic carbocycles. The minimum absolute atomic E-state index is 0.00855. The lowest BCUT2D eigenvalue weighted by molar-refractivity contribution is -0.126. The molecule has 88 valence electrons. The van der Waals surface area contributed by atoms with Gasteiger partial charge in [0, 0.05) is 19.4 Å². The second kappa shape index (κ2) is 4.61. The Balaban J connectivity index is 2.04. The van der Waals surface area contributed by atoms with Gasteiger partial charge in [-0.2, -0.15) is 5.10 Å². The number of nitrogens with one attached hydrogen (secondary N) is 1. The van der Waals surface area contributed by atoms with E-state index in [0.29, 0.717) is 25.1 Å². The van der Waals surface area contributed by atoms with Gasteiger partial charge in [-0.25, -0.2) is 5.43 Å². The van der Waals surface area contributed by atoms with Crippen molar-refractivity contribution >= 4 is 17.5 Å². The third kappa shape index (κ3) is 2.06. The molecule has 1 fully saturated rings. The van der Waals surface area contributed by atoms with E-state index >= 15 is 0 Å². The summed E-state index contributed by atoms with van der Waals surface area (Å²) in [5.41, 5.74) is 2.70. The lowest BCUT2D eigenvalue weighted by Crippen LogP contribution is -2.43. The van der Waals surface area contributed by atoms with Gasteiger partial charge >= 0.3 is 0 Å². The van der Waals surface area contributed by atoms with Crippen LogP contribution in [0, 0.1) is 0 Å². The third-order valence-corrected chi connectivity index (χ3v) is 3.00. The highest BCUT2D eigenvalue weighted by Gasteiger charge is 2.31. The van der Waals surface area contributed by atoms with Crippen LogP contribution in [-0.2, 0) is 9.59 Å². The summed E-state index contributed by atoms with van der Waals surface area (Å²) in [6, 6.07) is -0.0900. The van der Waals surface area contributed by atoms with Gasteiger partial charge in [0.15, 0.2) is 0 Å². The molecule has 2 heterocycles. The molecule has 0 aromatic heterocycles. The van der Waals surface area contributed by atoms with Crippen LogP contribution in [0.3, 0.4) is 0 Å². The van der Waals surface area contributed by atoms with Gasteiger partial charge in [-0.1, -0.05) is 0 Å². The first-order chi connectivity index (χ1) is 7.72. The van der Waals surface area contributed by atoms with Gasteiger partial charge in [-0.05, 0) is 12.8 Å². The van der Waals surface area contributed by atoms with Gasteiger partial charge in [0.2, 0.25) is 5.91 Å². The van der Waals surface area contributed by atoms with Crippen molar-refractivity contribution in [1.29, 1.82) is 0 Å². The topological polar surface area (TPSA) is 82.0 Å². The van der Waals surface area contributed by atoms with Gasteiger partial charge < -0.3 is 10.0 Å². The molecule has 0 saturated carbocycles. The fourth-order valence-electron chi connectivity index (χ4n) is 2.09. The number of hydrogen-bond acceptors (Lipinski definition) is 4. The number of aliphatic hydroxyl groups is 1. The van der Waals surface area contributed by atoms with Crippen LogP contribution < -0.4 is 5.43 Å². The first-order valence-corrected chi connectivity index (χ1v) is 5.49. The van der Waals surface area contributed by atoms with E-state index in [1.807, 2.05) is 0 Å². The fourth-order valence-corrected chi connectivity index (χ4v) is 2.09. The van der Waals surface area contributed by atoms with Gasteiger partial charge in [-0.3, -0.25) is 9.59 Å². The van der Waals surface area contributed by atoms with Crippen LogP contribution in [-0.4, -0.2) is 46.7 Å². The van der Waals surface area contributed by atoms with E-state index in [1.54, 1.807) is 4.90 Å². The maximum Gasteiger partial charge on any atom is 0.270 e. The summed E-state index contributed by atoms with van der Waals surface area (Å²) in [6.07, 6.45) is 2.44. The molecule has 1 unspecified atom stereocenters. The van der Waals surface area contributed by atoms with E-state index in [-0.39, 0.29) is 24.5 Å². The van der Waals surface area contributed by atoms with Crippen LogP contribution in [0.1, 0.15) is 25.7 Å². The Kier molecular flexibility index (Phi) is 3.19. The Morgan fingerprint density at radius 1 is 1.56 bits per heavy atom. The van der Waals surface area contributed by atoms with Crippen molar-refractivity contribution in [3.05, 3.63) is 0 Å². The first kappa shape index (κ1) is 11.1. The highest BCUT2D eigenvalue weighted by molar-refractivity contribution is 6.39. The van der Waals surface area contributed by atoms with Crippen LogP contribution in [0.4, 0.5) is 0 Å². The van der Waals surface area contributed by atoms with E-state index in [9.17, 15) is 9.59 Å². The van der Waals surface area contributed by atoms with E-state index in [0.717, 1.165) is 12.8 Å². The lowest BCUT2D eigenvalue weighted by Gasteiger charge is -2.24. The van der Waals surface area contributed by atoms with Gasteiger partial charge in [0.05, 0.1) is 12.6 Å². The number of aliphatic hydroxyl groups excluding tert-OH is 1. The number of hydrazone groups is 1. The van der Waals surface area contributed by atoms with Crippen LogP contribution in [0.25, 0.3) is 0 Å². The van der Waals surface area contributed by atoms with Gasteiger partial charge in [0.25, 0.3) is 5.91 Å². The highest BCUT2D eigenvalue weighted by atomic mass is 16.3. The SMILES string of the molecule is O=C1CCC(C(=O)N2CCCC2CO)=NN1. The average Bonchev–Trinajstić information content (AvgIpc) is 2.77. The summed E-state index contributed by atoms with van der Waals surface area (Å²) in [4.78, 5) is 24.5. The van der Waals surface area contributed by atoms with Gasteiger partial charge in [-0.15, -0.1) is 0 Å². The molecule has 2 rings (SSSR count). The maximum atomic E-state index is 12.0. The molecule has 2 N–H and O–H groups in total. The summed E-state index contributed by atoms with van der Waals surface area (Å²) in [7, 11) is 0. The number of nitrogens with zero attached hydrogens (tertiary/aromatic N) is 2. The largest absolute Gasteiger partial charge is 0.394 e. The quantitative estimate of drug-likeness (QED) is 0.647. The minimum Gasteiger partial charge on any atom is -0.394 e. The molecule has 1 atom stereocenters. The minimum atomic E-state index is -0.156. The Morgan fingerprint density at radius 2 is 2.38 bits per heavy atom. The monoisotopic (exact) mass is 225 g/mol. The zero-order chi connectivity index (χ0) is 11.5. The van der Waals surface area contributed by atoms with Crippen molar-refractivity contribution < 1.29 is 14.7 Å². The number of rotatable bonds is 2. The number of likely N-dealkylation sites (tertiary alicyclic amines) is 1. The Bertz CT molecular complexity index is 340. The summed E-state index contributed by atoms with van der Waals surface area (Å²) in [5.74, 6) is -0.312. The lowest BCUT2D eigenvalue weighted by atomic mass is 10.1. The molecule has 0 bridgehead atoms. The molecule has 0 radical (unpaired) electrons. The van der Waals surface area contributed by atoms with E-state index in [4.69, 9.17) is 5.11 Å². The second-order valence-corrected chi connectivity index (χ2v) is 4.07. The van der Waals surface area contributed by atoms with Crippen LogP contribution in [0.5, 0.6) is 0 Å². The summed E-state index contributed by atoms with van der Waals surface area (Å²) < 4.78 is 0. The average molecular weight is 225 g/mol. The van der Waals surface area contributed by atoms with E-state index < -0.39 is 0 Å². The number of carbonyl (C=O) groups is 2. The Hall–Kier alpha value is -1.43. The molecular formula is C10H15N3O3. The molecule has 0 aromatic rings. The number of hydrogen-bond donors (Lipinski definition) is 2. The molecule has 0 spiro atoms. The highest BCUT2D eigenvalue weighted by Crippen LogP contribution is 2.18. The van der Waals surface area contributed by atoms with Crippen LogP contribution in [0.2, 0.25) is 0 Å². The number of amides is 2. The third-order valence-electron chi connectivity index (χ3n) is 3.00. The fraction of sp³-hybridized carbons (Fsp3) is 0.700. The smallest absolute Gasteiger partial charge is 0.270 e. The maximum absolute atomic E-state index is 12.0. The molecule has 0 aliphatic carbocycles. The molecule has 2 aliphatic heterocycles. The van der Waals surface area contributed by atoms with Crippen molar-refractivity contribution in [1.82, 2.24) is 10.3 Å². The zero-order valence-corrected chi connectivity index (χ0v) is 8.98. The predicted molar refractivity (Wildman–Crippen MR) is 56.6 cm³/mol. The standard InChI is InChI=1S/C10H15N3O3/c14-6-7-2-1-5-13(7)10(16)8-3-4-9(15)12-11-8/h7,14H,1-6H2,(H,12,15). The van der Waals surface area contributed by atoms with E-state index in [2.05, 4.69) is 10.5 Å². The molecule has 2 aliphatic rings. The zero-order valence-electron chi connectivity index (χ0n) is 8.98. The van der Waals surface area contributed by atoms with Crippen LogP contribution in [0.15, 0.2) is 5.10 Å². The van der Waals surface area contributed by atoms with Crippen LogP contribution >= 0.6 is 0 Å². The summed E-state index contributed by atoms with van der Waals surface area (Å²) in [5, 5.41) is 12.9. The molecule has 2 amide bonds. The molecule has 1 saturated heterocycles. The molecule has 16 heavy (non-hydrogen) atoms. The number of carbonyl (C=O) groups excluding carboxylic acids is 2. The summed E-state index contributed by atoms with van der Waals surface area (Å²) in [6.45, 7) is 0.655. The molecule has 6 nitrogen and oxygen atoms in total. The summed E-state index contributed by atoms with van der Waals surface area (Å²) >= 11 is 0. The van der Waals surface area contributed by atoms with Crippen molar-refractivity contribution in [2.45, 2.75) is 31.7 Å². The van der Waals surface area contributed by atoms with Crippen molar-refractivity contribution in [2.75, 3.05) is 13.2 Å². The van der Waals surface area contributed by atoms with Crippen molar-refractivity contribution in [3.8, 4) is 0 Å². The normalized spacial score (nSPS) is 25.3. The van der Waals surface area contributed by atoms with E-state index in [1.165, 1.54) is 0 Å². The Morgan fingerprint density at radius 3 is 3.00 bits per heavy atom. The molecular weight excluding hydrogens is 210 g/mol.